The van der Waals surface area contributed by atoms with Gasteiger partial charge in [0.1, 0.15) is 0 Å². The van der Waals surface area contributed by atoms with Crippen molar-refractivity contribution in [2.45, 2.75) is 5.41 Å². The minimum atomic E-state index is -0.520. The summed E-state index contributed by atoms with van der Waals surface area (Å²) in [5, 5.41) is 6.22. The molecule has 9 aromatic carbocycles. The molecule has 0 bridgehead atoms. The van der Waals surface area contributed by atoms with Crippen LogP contribution < -0.4 is 0 Å². The van der Waals surface area contributed by atoms with E-state index in [1.807, 2.05) is 0 Å². The van der Waals surface area contributed by atoms with Crippen molar-refractivity contribution in [3.63, 3.8) is 0 Å². The zero-order valence-electron chi connectivity index (χ0n) is 32.8. The lowest BCUT2D eigenvalue weighted by Gasteiger charge is -2.38. The van der Waals surface area contributed by atoms with Gasteiger partial charge in [0.2, 0.25) is 5.95 Å². The highest BCUT2D eigenvalue weighted by molar-refractivity contribution is 7.26. The summed E-state index contributed by atoms with van der Waals surface area (Å²) in [6.07, 6.45) is 0. The molecule has 0 saturated carbocycles. The maximum Gasteiger partial charge on any atom is 0.235 e. The quantitative estimate of drug-likeness (QED) is 0.178. The van der Waals surface area contributed by atoms with Gasteiger partial charge < -0.3 is 0 Å². The van der Waals surface area contributed by atoms with Crippen LogP contribution in [0, 0.1) is 0 Å². The predicted octanol–water partition coefficient (Wildman–Crippen LogP) is 14.8. The molecule has 3 heterocycles. The number of nitrogens with zero attached hydrogens (tertiary/aromatic N) is 3. The first kappa shape index (κ1) is 33.2. The fourth-order valence-corrected chi connectivity index (χ4v) is 12.1. The molecule has 1 spiro atoms. The smallest absolute Gasteiger partial charge is 0.235 e. The van der Waals surface area contributed by atoms with Crippen molar-refractivity contribution in [2.75, 3.05) is 0 Å². The van der Waals surface area contributed by atoms with E-state index in [2.05, 4.69) is 205 Å². The first-order valence-corrected chi connectivity index (χ1v) is 21.7. The van der Waals surface area contributed by atoms with Crippen molar-refractivity contribution in [3.05, 3.63) is 222 Å². The molecular weight excluding hydrogens is 759 g/mol. The van der Waals surface area contributed by atoms with Crippen molar-refractivity contribution in [2.24, 2.45) is 0 Å². The zero-order valence-corrected chi connectivity index (χ0v) is 33.6. The normalized spacial score (nSPS) is 13.4. The topological polar surface area (TPSA) is 30.7 Å². The van der Waals surface area contributed by atoms with Gasteiger partial charge >= 0.3 is 0 Å². The number of aromatic nitrogens is 3. The SMILES string of the molecule is c1ccc(-c2ccc(-c3nc(-n4c5cccc6c5c5c7c(cccc7c(-c7ccccc7)cc54)C64c5ccccc5-c5ccccc54)nc4c3sc3ccccc34)cc2)cc1. The molecule has 2 aliphatic carbocycles. The molecule has 0 atom stereocenters. The summed E-state index contributed by atoms with van der Waals surface area (Å²) < 4.78 is 4.67. The second-order valence-electron chi connectivity index (χ2n) is 16.4. The van der Waals surface area contributed by atoms with Gasteiger partial charge in [0.05, 0.1) is 32.4 Å². The summed E-state index contributed by atoms with van der Waals surface area (Å²) in [5.41, 5.74) is 17.3. The fraction of sp³-hybridized carbons (Fsp3) is 0.0175. The summed E-state index contributed by atoms with van der Waals surface area (Å²) in [6, 6.07) is 73.5. The Morgan fingerprint density at radius 3 is 1.72 bits per heavy atom. The molecule has 0 N–H and O–H groups in total. The van der Waals surface area contributed by atoms with Gasteiger partial charge in [-0.15, -0.1) is 11.3 Å². The first-order valence-electron chi connectivity index (χ1n) is 20.9. The van der Waals surface area contributed by atoms with E-state index < -0.39 is 5.41 Å². The largest absolute Gasteiger partial charge is 0.278 e. The molecule has 12 aromatic rings. The van der Waals surface area contributed by atoms with Crippen molar-refractivity contribution < 1.29 is 0 Å². The summed E-state index contributed by atoms with van der Waals surface area (Å²) in [7, 11) is 0. The molecule has 0 unspecified atom stereocenters. The Hall–Kier alpha value is -7.66. The number of hydrogen-bond donors (Lipinski definition) is 0. The second-order valence-corrected chi connectivity index (χ2v) is 17.4. The predicted molar refractivity (Wildman–Crippen MR) is 254 cm³/mol. The first-order chi connectivity index (χ1) is 30.3. The second kappa shape index (κ2) is 12.2. The highest BCUT2D eigenvalue weighted by Crippen LogP contribution is 2.62. The molecule has 0 radical (unpaired) electrons. The van der Waals surface area contributed by atoms with Gasteiger partial charge in [-0.25, -0.2) is 9.97 Å². The van der Waals surface area contributed by atoms with E-state index in [1.54, 1.807) is 11.3 Å². The third-order valence-electron chi connectivity index (χ3n) is 13.4. The average Bonchev–Trinajstić information content (AvgIpc) is 3.98. The molecule has 0 amide bonds. The van der Waals surface area contributed by atoms with E-state index in [-0.39, 0.29) is 0 Å². The summed E-state index contributed by atoms with van der Waals surface area (Å²) >= 11 is 1.77. The maximum atomic E-state index is 5.66. The lowest BCUT2D eigenvalue weighted by Crippen LogP contribution is -2.30. The van der Waals surface area contributed by atoms with Gasteiger partial charge in [-0.2, -0.15) is 0 Å². The van der Waals surface area contributed by atoms with Gasteiger partial charge in [0, 0.05) is 26.4 Å². The van der Waals surface area contributed by atoms with Crippen molar-refractivity contribution in [3.8, 4) is 50.6 Å². The Kier molecular flexibility index (Phi) is 6.64. The lowest BCUT2D eigenvalue weighted by atomic mass is 9.63. The van der Waals surface area contributed by atoms with E-state index in [0.29, 0.717) is 5.95 Å². The van der Waals surface area contributed by atoms with E-state index >= 15 is 0 Å². The Bertz CT molecular complexity index is 3760. The van der Waals surface area contributed by atoms with Gasteiger partial charge in [0.25, 0.3) is 0 Å². The minimum absolute atomic E-state index is 0.520. The van der Waals surface area contributed by atoms with Crippen LogP contribution >= 0.6 is 11.3 Å². The minimum Gasteiger partial charge on any atom is -0.278 e. The Morgan fingerprint density at radius 1 is 0.393 bits per heavy atom. The van der Waals surface area contributed by atoms with Crippen LogP contribution in [0.2, 0.25) is 0 Å². The van der Waals surface area contributed by atoms with E-state index in [1.165, 1.54) is 81.9 Å². The molecular formula is C57H33N3S. The van der Waals surface area contributed by atoms with E-state index in [9.17, 15) is 0 Å². The summed E-state index contributed by atoms with van der Waals surface area (Å²) in [4.78, 5) is 11.3. The van der Waals surface area contributed by atoms with Crippen LogP contribution in [-0.2, 0) is 5.41 Å². The zero-order chi connectivity index (χ0) is 39.8. The molecule has 61 heavy (non-hydrogen) atoms. The van der Waals surface area contributed by atoms with Crippen LogP contribution in [-0.4, -0.2) is 14.5 Å². The summed E-state index contributed by atoms with van der Waals surface area (Å²) in [5.74, 6) is 0.675. The standard InChI is InChI=1S/C57H33N3S/c1-3-15-34(16-4-1)35-29-31-37(32-30-35)53-55-54(41-21-9-12-28-49(41)61-55)59-56(58-53)60-47-27-14-26-46-51(47)52-48(60)33-42(36-17-5-2-6-18-36)40-22-13-25-45(50(40)52)57(46)43-23-10-7-19-38(43)39-20-8-11-24-44(39)57/h1-33H. The van der Waals surface area contributed by atoms with Crippen LogP contribution in [0.1, 0.15) is 22.3 Å². The summed E-state index contributed by atoms with van der Waals surface area (Å²) in [6.45, 7) is 0. The van der Waals surface area contributed by atoms with E-state index in [4.69, 9.17) is 9.97 Å². The number of benzene rings is 9. The molecule has 14 rings (SSSR count). The third-order valence-corrected chi connectivity index (χ3v) is 14.6. The fourth-order valence-electron chi connectivity index (χ4n) is 11.0. The van der Waals surface area contributed by atoms with Crippen LogP contribution in [0.15, 0.2) is 200 Å². The monoisotopic (exact) mass is 791 g/mol. The molecule has 282 valence electrons. The van der Waals surface area contributed by atoms with Crippen LogP contribution in [0.5, 0.6) is 0 Å². The molecule has 0 fully saturated rings. The van der Waals surface area contributed by atoms with E-state index in [0.717, 1.165) is 37.9 Å². The van der Waals surface area contributed by atoms with Gasteiger partial charge in [-0.3, -0.25) is 4.57 Å². The van der Waals surface area contributed by atoms with Gasteiger partial charge in [-0.05, 0) is 84.6 Å². The number of hydrogen-bond acceptors (Lipinski definition) is 3. The average molecular weight is 792 g/mol. The van der Waals surface area contributed by atoms with Crippen molar-refractivity contribution in [1.29, 1.82) is 0 Å². The van der Waals surface area contributed by atoms with Crippen molar-refractivity contribution >= 4 is 64.2 Å². The van der Waals surface area contributed by atoms with Crippen LogP contribution in [0.4, 0.5) is 0 Å². The number of rotatable bonds is 4. The van der Waals surface area contributed by atoms with Gasteiger partial charge in [-0.1, -0.05) is 182 Å². The molecule has 0 aliphatic heterocycles. The van der Waals surface area contributed by atoms with Gasteiger partial charge in [0.15, 0.2) is 0 Å². The third kappa shape index (κ3) is 4.31. The van der Waals surface area contributed by atoms with Crippen molar-refractivity contribution in [1.82, 2.24) is 14.5 Å². The van der Waals surface area contributed by atoms with Crippen LogP contribution in [0.3, 0.4) is 0 Å². The molecule has 0 saturated heterocycles. The van der Waals surface area contributed by atoms with Crippen LogP contribution in [0.25, 0.3) is 103 Å². The Balaban J connectivity index is 1.14. The maximum absolute atomic E-state index is 5.66. The molecule has 3 aromatic heterocycles. The Labute approximate surface area is 355 Å². The molecule has 3 nitrogen and oxygen atoms in total. The molecule has 4 heteroatoms. The lowest BCUT2D eigenvalue weighted by molar-refractivity contribution is 0.783. The number of fused-ring (bicyclic) bond motifs is 10. The highest BCUT2D eigenvalue weighted by Gasteiger charge is 2.50. The number of thiophene rings is 1. The molecule has 2 aliphatic rings. The Morgan fingerprint density at radius 2 is 0.967 bits per heavy atom. The highest BCUT2D eigenvalue weighted by atomic mass is 32.1.